The van der Waals surface area contributed by atoms with E-state index in [1.165, 1.54) is 7.11 Å². The quantitative estimate of drug-likeness (QED) is 0.655. The molecule has 1 atom stereocenters. The van der Waals surface area contributed by atoms with E-state index in [4.69, 9.17) is 9.47 Å². The number of carbonyl (C=O) groups is 1. The second-order valence-electron chi connectivity index (χ2n) is 4.19. The third-order valence-corrected chi connectivity index (χ3v) is 2.79. The highest BCUT2D eigenvalue weighted by Gasteiger charge is 2.25. The molecule has 1 heterocycles. The Balaban J connectivity index is 2.38. The van der Waals surface area contributed by atoms with E-state index in [1.54, 1.807) is 0 Å². The van der Waals surface area contributed by atoms with Gasteiger partial charge >= 0.3 is 5.97 Å². The lowest BCUT2D eigenvalue weighted by Gasteiger charge is -2.22. The fourth-order valence-electron chi connectivity index (χ4n) is 1.68. The third kappa shape index (κ3) is 4.18. The standard InChI is InChI=1S/C11H20O4/c1-8(2)9(6-10(12)13-3)7-11-14-4-5-15-11/h8-9,11H,4-7H2,1-3H3/t9-/m1/s1. The highest BCUT2D eigenvalue weighted by atomic mass is 16.7. The van der Waals surface area contributed by atoms with Gasteiger partial charge in [0.25, 0.3) is 0 Å². The van der Waals surface area contributed by atoms with Crippen LogP contribution in [0.15, 0.2) is 0 Å². The molecule has 4 heteroatoms. The molecule has 88 valence electrons. The molecule has 1 fully saturated rings. The topological polar surface area (TPSA) is 44.8 Å². The van der Waals surface area contributed by atoms with Crippen molar-refractivity contribution in [2.75, 3.05) is 20.3 Å². The average Bonchev–Trinajstić information content (AvgIpc) is 2.69. The van der Waals surface area contributed by atoms with Gasteiger partial charge < -0.3 is 14.2 Å². The van der Waals surface area contributed by atoms with Gasteiger partial charge in [-0.1, -0.05) is 13.8 Å². The van der Waals surface area contributed by atoms with Crippen molar-refractivity contribution in [2.24, 2.45) is 11.8 Å². The van der Waals surface area contributed by atoms with Crippen molar-refractivity contribution in [2.45, 2.75) is 33.0 Å². The maximum atomic E-state index is 11.2. The van der Waals surface area contributed by atoms with Crippen LogP contribution >= 0.6 is 0 Å². The molecule has 0 aromatic carbocycles. The molecule has 15 heavy (non-hydrogen) atoms. The van der Waals surface area contributed by atoms with Crippen LogP contribution < -0.4 is 0 Å². The predicted molar refractivity (Wildman–Crippen MR) is 55.3 cm³/mol. The number of carbonyl (C=O) groups excluding carboxylic acids is 1. The Morgan fingerprint density at radius 2 is 2.00 bits per heavy atom. The van der Waals surface area contributed by atoms with E-state index in [9.17, 15) is 4.79 Å². The summed E-state index contributed by atoms with van der Waals surface area (Å²) in [6.45, 7) is 5.52. The number of esters is 1. The van der Waals surface area contributed by atoms with Gasteiger partial charge in [0.1, 0.15) is 0 Å². The van der Waals surface area contributed by atoms with Gasteiger partial charge in [-0.3, -0.25) is 4.79 Å². The van der Waals surface area contributed by atoms with Crippen molar-refractivity contribution < 1.29 is 19.0 Å². The molecule has 1 saturated heterocycles. The van der Waals surface area contributed by atoms with E-state index < -0.39 is 0 Å². The van der Waals surface area contributed by atoms with Crippen LogP contribution in [0.25, 0.3) is 0 Å². The Kier molecular flexibility index (Phi) is 5.05. The fraction of sp³-hybridized carbons (Fsp3) is 0.909. The van der Waals surface area contributed by atoms with Crippen molar-refractivity contribution in [3.05, 3.63) is 0 Å². The zero-order chi connectivity index (χ0) is 11.3. The van der Waals surface area contributed by atoms with Gasteiger partial charge in [-0.05, 0) is 11.8 Å². The Bertz CT molecular complexity index is 197. The van der Waals surface area contributed by atoms with Crippen LogP contribution in [0.5, 0.6) is 0 Å². The van der Waals surface area contributed by atoms with Crippen LogP contribution in [0.4, 0.5) is 0 Å². The summed E-state index contributed by atoms with van der Waals surface area (Å²) in [5, 5.41) is 0. The number of methoxy groups -OCH3 is 1. The van der Waals surface area contributed by atoms with Gasteiger partial charge in [-0.15, -0.1) is 0 Å². The van der Waals surface area contributed by atoms with E-state index >= 15 is 0 Å². The van der Waals surface area contributed by atoms with E-state index in [1.807, 2.05) is 0 Å². The molecule has 0 bridgehead atoms. The van der Waals surface area contributed by atoms with E-state index in [-0.39, 0.29) is 18.2 Å². The Morgan fingerprint density at radius 1 is 1.40 bits per heavy atom. The maximum absolute atomic E-state index is 11.2. The van der Waals surface area contributed by atoms with Crippen molar-refractivity contribution in [3.8, 4) is 0 Å². The molecule has 1 aliphatic rings. The monoisotopic (exact) mass is 216 g/mol. The summed E-state index contributed by atoms with van der Waals surface area (Å²) in [6, 6.07) is 0. The Hall–Kier alpha value is -0.610. The van der Waals surface area contributed by atoms with Crippen molar-refractivity contribution in [3.63, 3.8) is 0 Å². The smallest absolute Gasteiger partial charge is 0.305 e. The highest BCUT2D eigenvalue weighted by molar-refractivity contribution is 5.69. The van der Waals surface area contributed by atoms with Crippen LogP contribution in [0.2, 0.25) is 0 Å². The second kappa shape index (κ2) is 6.08. The first-order valence-electron chi connectivity index (χ1n) is 5.43. The predicted octanol–water partition coefficient (Wildman–Crippen LogP) is 1.58. The SMILES string of the molecule is COC(=O)C[C@H](CC1OCCO1)C(C)C. The van der Waals surface area contributed by atoms with Crippen LogP contribution in [0.1, 0.15) is 26.7 Å². The lowest BCUT2D eigenvalue weighted by Crippen LogP contribution is -2.22. The normalized spacial score (nSPS) is 19.5. The molecule has 1 rings (SSSR count). The first kappa shape index (κ1) is 12.5. The summed E-state index contributed by atoms with van der Waals surface area (Å²) < 4.78 is 15.4. The van der Waals surface area contributed by atoms with E-state index in [0.29, 0.717) is 25.6 Å². The number of ether oxygens (including phenoxy) is 3. The molecule has 1 aliphatic heterocycles. The van der Waals surface area contributed by atoms with Crippen molar-refractivity contribution >= 4 is 5.97 Å². The zero-order valence-electron chi connectivity index (χ0n) is 9.69. The summed E-state index contributed by atoms with van der Waals surface area (Å²) in [6.07, 6.45) is 1.08. The second-order valence-corrected chi connectivity index (χ2v) is 4.19. The molecule has 0 N–H and O–H groups in total. The van der Waals surface area contributed by atoms with E-state index in [2.05, 4.69) is 18.6 Å². The van der Waals surface area contributed by atoms with Crippen LogP contribution in [0, 0.1) is 11.8 Å². The molecule has 0 radical (unpaired) electrons. The maximum Gasteiger partial charge on any atom is 0.305 e. The third-order valence-electron chi connectivity index (χ3n) is 2.79. The van der Waals surface area contributed by atoms with Gasteiger partial charge in [0.05, 0.1) is 20.3 Å². The molecule has 0 aromatic heterocycles. The van der Waals surface area contributed by atoms with Crippen LogP contribution in [-0.4, -0.2) is 32.6 Å². The zero-order valence-corrected chi connectivity index (χ0v) is 9.69. The molecular weight excluding hydrogens is 196 g/mol. The minimum atomic E-state index is -0.160. The molecule has 0 amide bonds. The number of hydrogen-bond acceptors (Lipinski definition) is 4. The van der Waals surface area contributed by atoms with Crippen molar-refractivity contribution in [1.29, 1.82) is 0 Å². The Morgan fingerprint density at radius 3 is 2.47 bits per heavy atom. The molecular formula is C11H20O4. The highest BCUT2D eigenvalue weighted by Crippen LogP contribution is 2.24. The summed E-state index contributed by atoms with van der Waals surface area (Å²) in [5.74, 6) is 0.532. The minimum Gasteiger partial charge on any atom is -0.469 e. The molecule has 0 aromatic rings. The fourth-order valence-corrected chi connectivity index (χ4v) is 1.68. The lowest BCUT2D eigenvalue weighted by molar-refractivity contribution is -0.143. The largest absolute Gasteiger partial charge is 0.469 e. The van der Waals surface area contributed by atoms with Gasteiger partial charge in [-0.25, -0.2) is 0 Å². The summed E-state index contributed by atoms with van der Waals surface area (Å²) >= 11 is 0. The Labute approximate surface area is 90.9 Å². The van der Waals surface area contributed by atoms with Crippen LogP contribution in [0.3, 0.4) is 0 Å². The summed E-state index contributed by atoms with van der Waals surface area (Å²) in [7, 11) is 1.42. The molecule has 0 unspecified atom stereocenters. The van der Waals surface area contributed by atoms with Gasteiger partial charge in [0.2, 0.25) is 0 Å². The van der Waals surface area contributed by atoms with Gasteiger partial charge in [-0.2, -0.15) is 0 Å². The number of hydrogen-bond donors (Lipinski definition) is 0. The summed E-state index contributed by atoms with van der Waals surface area (Å²) in [5.41, 5.74) is 0. The molecule has 0 saturated carbocycles. The minimum absolute atomic E-state index is 0.137. The first-order valence-corrected chi connectivity index (χ1v) is 5.43. The van der Waals surface area contributed by atoms with Gasteiger partial charge in [0, 0.05) is 12.8 Å². The average molecular weight is 216 g/mol. The van der Waals surface area contributed by atoms with E-state index in [0.717, 1.165) is 6.42 Å². The summed E-state index contributed by atoms with van der Waals surface area (Å²) in [4.78, 5) is 11.2. The lowest BCUT2D eigenvalue weighted by atomic mass is 9.89. The first-order chi connectivity index (χ1) is 7.13. The van der Waals surface area contributed by atoms with Crippen LogP contribution in [-0.2, 0) is 19.0 Å². The molecule has 4 nitrogen and oxygen atoms in total. The van der Waals surface area contributed by atoms with Crippen molar-refractivity contribution in [1.82, 2.24) is 0 Å². The molecule has 0 spiro atoms. The number of rotatable bonds is 5. The van der Waals surface area contributed by atoms with Gasteiger partial charge in [0.15, 0.2) is 6.29 Å². The molecule has 0 aliphatic carbocycles.